The number of nitrogens with one attached hydrogen (secondary N) is 1. The molecule has 7 heteroatoms. The Morgan fingerprint density at radius 1 is 1.15 bits per heavy atom. The second-order valence-electron chi connectivity index (χ2n) is 7.07. The second-order valence-corrected chi connectivity index (χ2v) is 7.46. The number of thiocarbonyl (C=S) groups is 1. The molecular weight excluding hydrogens is 362 g/mol. The molecule has 1 fully saturated rings. The Bertz CT molecular complexity index is 955. The number of hydrogen-bond donors (Lipinski definition) is 1. The van der Waals surface area contributed by atoms with E-state index in [1.807, 2.05) is 28.8 Å². The quantitative estimate of drug-likeness (QED) is 0.635. The highest BCUT2D eigenvalue weighted by atomic mass is 32.1. The average molecular weight is 383 g/mol. The first-order valence-electron chi connectivity index (χ1n) is 9.00. The number of ether oxygens (including phenoxy) is 1. The van der Waals surface area contributed by atoms with Gasteiger partial charge in [0.25, 0.3) is 5.56 Å². The Morgan fingerprint density at radius 2 is 1.96 bits per heavy atom. The second kappa shape index (κ2) is 7.15. The van der Waals surface area contributed by atoms with Gasteiger partial charge in [-0.15, -0.1) is 0 Å². The number of pyridine rings is 1. The molecule has 6 nitrogen and oxygen atoms in total. The van der Waals surface area contributed by atoms with Crippen LogP contribution in [0.4, 0.5) is 5.69 Å². The fraction of sp³-hybridized carbons (Fsp3) is 0.350. The summed E-state index contributed by atoms with van der Waals surface area (Å²) in [5, 5.41) is 3.80. The Morgan fingerprint density at radius 3 is 2.78 bits per heavy atom. The molecule has 1 aromatic carbocycles. The van der Waals surface area contributed by atoms with Crippen molar-refractivity contribution in [2.24, 2.45) is 5.92 Å². The predicted molar refractivity (Wildman–Crippen MR) is 107 cm³/mol. The van der Waals surface area contributed by atoms with Crippen molar-refractivity contribution < 1.29 is 9.53 Å². The van der Waals surface area contributed by atoms with Gasteiger partial charge in [-0.2, -0.15) is 0 Å². The van der Waals surface area contributed by atoms with E-state index in [4.69, 9.17) is 17.0 Å². The van der Waals surface area contributed by atoms with E-state index < -0.39 is 5.97 Å². The maximum Gasteiger partial charge on any atom is 0.339 e. The SMILES string of the molecule is COC(=O)c1ccccc1NC(=S)N1C[C@H]2C[C@@H](C1)c1cccc(=O)n1C2. The van der Waals surface area contributed by atoms with Crippen LogP contribution in [0, 0.1) is 5.92 Å². The lowest BCUT2D eigenvalue weighted by Gasteiger charge is -2.43. The molecule has 1 aromatic heterocycles. The molecule has 1 N–H and O–H groups in total. The van der Waals surface area contributed by atoms with Gasteiger partial charge in [-0.1, -0.05) is 18.2 Å². The molecule has 2 aliphatic rings. The first-order valence-corrected chi connectivity index (χ1v) is 9.40. The summed E-state index contributed by atoms with van der Waals surface area (Å²) in [6.45, 7) is 2.28. The molecule has 3 heterocycles. The predicted octanol–water partition coefficient (Wildman–Crippen LogP) is 2.45. The average Bonchev–Trinajstić information content (AvgIpc) is 2.68. The van der Waals surface area contributed by atoms with Crippen molar-refractivity contribution in [2.75, 3.05) is 25.5 Å². The van der Waals surface area contributed by atoms with E-state index in [9.17, 15) is 9.59 Å². The van der Waals surface area contributed by atoms with Crippen LogP contribution < -0.4 is 10.9 Å². The Labute approximate surface area is 162 Å². The summed E-state index contributed by atoms with van der Waals surface area (Å²) in [6, 6.07) is 12.7. The summed E-state index contributed by atoms with van der Waals surface area (Å²) in [7, 11) is 1.36. The molecule has 140 valence electrons. The number of likely N-dealkylation sites (tertiary alicyclic amines) is 1. The number of piperidine rings is 1. The van der Waals surface area contributed by atoms with Crippen molar-refractivity contribution in [3.8, 4) is 0 Å². The van der Waals surface area contributed by atoms with Crippen LogP contribution in [0.25, 0.3) is 0 Å². The molecule has 2 bridgehead atoms. The van der Waals surface area contributed by atoms with Gasteiger partial charge in [0.05, 0.1) is 18.4 Å². The summed E-state index contributed by atoms with van der Waals surface area (Å²) >= 11 is 5.63. The third-order valence-electron chi connectivity index (χ3n) is 5.34. The molecule has 2 aliphatic heterocycles. The lowest BCUT2D eigenvalue weighted by molar-refractivity contribution is 0.0602. The molecule has 2 atom stereocenters. The Hall–Kier alpha value is -2.67. The molecule has 27 heavy (non-hydrogen) atoms. The van der Waals surface area contributed by atoms with Gasteiger partial charge in [-0.3, -0.25) is 4.79 Å². The number of fused-ring (bicyclic) bond motifs is 4. The van der Waals surface area contributed by atoms with Crippen LogP contribution in [0.1, 0.15) is 28.4 Å². The van der Waals surface area contributed by atoms with Gasteiger partial charge in [-0.05, 0) is 42.8 Å². The molecule has 0 saturated carbocycles. The summed E-state index contributed by atoms with van der Waals surface area (Å²) in [6.07, 6.45) is 1.07. The molecule has 4 rings (SSSR count). The number of esters is 1. The van der Waals surface area contributed by atoms with Gasteiger partial charge in [0.2, 0.25) is 0 Å². The highest BCUT2D eigenvalue weighted by molar-refractivity contribution is 7.80. The number of carbonyl (C=O) groups is 1. The smallest absolute Gasteiger partial charge is 0.339 e. The van der Waals surface area contributed by atoms with Crippen LogP contribution >= 0.6 is 12.2 Å². The summed E-state index contributed by atoms with van der Waals surface area (Å²) in [5.41, 5.74) is 2.25. The van der Waals surface area contributed by atoms with Gasteiger partial charge in [0.15, 0.2) is 5.11 Å². The van der Waals surface area contributed by atoms with Crippen molar-refractivity contribution >= 4 is 29.0 Å². The van der Waals surface area contributed by atoms with E-state index in [-0.39, 0.29) is 11.5 Å². The molecule has 0 aliphatic carbocycles. The molecular formula is C20H21N3O3S. The van der Waals surface area contributed by atoms with Crippen LogP contribution in [0.3, 0.4) is 0 Å². The van der Waals surface area contributed by atoms with Gasteiger partial charge >= 0.3 is 5.97 Å². The summed E-state index contributed by atoms with van der Waals surface area (Å²) in [5.74, 6) is 0.263. The minimum atomic E-state index is -0.398. The van der Waals surface area contributed by atoms with E-state index in [1.54, 1.807) is 18.2 Å². The summed E-state index contributed by atoms with van der Waals surface area (Å²) in [4.78, 5) is 26.3. The highest BCUT2D eigenvalue weighted by Crippen LogP contribution is 2.35. The maximum absolute atomic E-state index is 12.1. The van der Waals surface area contributed by atoms with Crippen molar-refractivity contribution in [2.45, 2.75) is 18.9 Å². The number of rotatable bonds is 2. The van der Waals surface area contributed by atoms with Crippen molar-refractivity contribution in [1.82, 2.24) is 9.47 Å². The van der Waals surface area contributed by atoms with E-state index in [0.29, 0.717) is 22.3 Å². The van der Waals surface area contributed by atoms with E-state index in [0.717, 1.165) is 31.7 Å². The number of hydrogen-bond acceptors (Lipinski definition) is 4. The topological polar surface area (TPSA) is 63.6 Å². The van der Waals surface area contributed by atoms with E-state index >= 15 is 0 Å². The standard InChI is InChI=1S/C20H21N3O3S/c1-26-19(25)15-5-2-3-6-16(15)21-20(27)22-10-13-9-14(12-22)17-7-4-8-18(24)23(17)11-13/h2-8,13-14H,9-12H2,1H3,(H,21,27)/t13-,14+/m1/s1. The molecule has 0 radical (unpaired) electrons. The molecule has 0 amide bonds. The first kappa shape index (κ1) is 17.7. The number of benzene rings is 1. The maximum atomic E-state index is 12.1. The lowest BCUT2D eigenvalue weighted by Crippen LogP contribution is -2.50. The van der Waals surface area contributed by atoms with Gasteiger partial charge in [-0.25, -0.2) is 4.79 Å². The van der Waals surface area contributed by atoms with Gasteiger partial charge in [0.1, 0.15) is 0 Å². The largest absolute Gasteiger partial charge is 0.465 e. The fourth-order valence-corrected chi connectivity index (χ4v) is 4.40. The third kappa shape index (κ3) is 3.35. The Balaban J connectivity index is 1.54. The number of methoxy groups -OCH3 is 1. The minimum Gasteiger partial charge on any atom is -0.465 e. The van der Waals surface area contributed by atoms with Crippen molar-refractivity contribution in [1.29, 1.82) is 0 Å². The minimum absolute atomic E-state index is 0.0726. The zero-order valence-electron chi connectivity index (χ0n) is 15.1. The van der Waals surface area contributed by atoms with Crippen LogP contribution in [-0.2, 0) is 11.3 Å². The lowest BCUT2D eigenvalue weighted by atomic mass is 9.83. The number of nitrogens with zero attached hydrogens (tertiary/aromatic N) is 2. The van der Waals surface area contributed by atoms with Crippen LogP contribution in [0.15, 0.2) is 47.3 Å². The van der Waals surface area contributed by atoms with Crippen molar-refractivity contribution in [3.05, 3.63) is 64.1 Å². The van der Waals surface area contributed by atoms with Crippen LogP contribution in [0.2, 0.25) is 0 Å². The number of carbonyl (C=O) groups excluding carboxylic acids is 1. The molecule has 0 unspecified atom stereocenters. The third-order valence-corrected chi connectivity index (χ3v) is 5.70. The van der Waals surface area contributed by atoms with Crippen LogP contribution in [-0.4, -0.2) is 40.7 Å². The molecule has 1 saturated heterocycles. The zero-order chi connectivity index (χ0) is 19.0. The number of anilines is 1. The number of para-hydroxylation sites is 1. The van der Waals surface area contributed by atoms with E-state index in [2.05, 4.69) is 10.2 Å². The number of aromatic nitrogens is 1. The zero-order valence-corrected chi connectivity index (χ0v) is 15.9. The molecule has 0 spiro atoms. The molecule has 2 aromatic rings. The highest BCUT2D eigenvalue weighted by Gasteiger charge is 2.35. The van der Waals surface area contributed by atoms with E-state index in [1.165, 1.54) is 7.11 Å². The first-order chi connectivity index (χ1) is 13.1. The monoisotopic (exact) mass is 383 g/mol. The van der Waals surface area contributed by atoms with Gasteiger partial charge in [0, 0.05) is 37.3 Å². The van der Waals surface area contributed by atoms with Crippen molar-refractivity contribution in [3.63, 3.8) is 0 Å². The normalized spacial score (nSPS) is 20.6. The van der Waals surface area contributed by atoms with Crippen LogP contribution in [0.5, 0.6) is 0 Å². The fourth-order valence-electron chi connectivity index (χ4n) is 4.14. The van der Waals surface area contributed by atoms with Gasteiger partial charge < -0.3 is 19.5 Å². The summed E-state index contributed by atoms with van der Waals surface area (Å²) < 4.78 is 6.75. The Kier molecular flexibility index (Phi) is 4.70.